The molecule has 0 aromatic carbocycles. The van der Waals surface area contributed by atoms with Crippen LogP contribution >= 0.6 is 0 Å². The second kappa shape index (κ2) is 3.68. The zero-order valence-electron chi connectivity index (χ0n) is 8.92. The van der Waals surface area contributed by atoms with E-state index in [1.54, 1.807) is 0 Å². The lowest BCUT2D eigenvalue weighted by atomic mass is 10.1. The van der Waals surface area contributed by atoms with Gasteiger partial charge in [-0.15, -0.1) is 0 Å². The van der Waals surface area contributed by atoms with Crippen LogP contribution < -0.4 is 0 Å². The number of ether oxygens (including phenoxy) is 5. The molecule has 0 saturated carbocycles. The van der Waals surface area contributed by atoms with Gasteiger partial charge in [-0.3, -0.25) is 0 Å². The minimum absolute atomic E-state index is 0.0214. The molecule has 0 N–H and O–H groups in total. The van der Waals surface area contributed by atoms with E-state index in [0.717, 1.165) is 6.42 Å². The minimum atomic E-state index is -0.218. The first-order valence-corrected chi connectivity index (χ1v) is 5.46. The van der Waals surface area contributed by atoms with Gasteiger partial charge in [0.2, 0.25) is 0 Å². The summed E-state index contributed by atoms with van der Waals surface area (Å²) in [5, 5.41) is 0. The standard InChI is InChI=1S/C10H16O5/c1-5-11-4-9(12-5)7-3-8-10(15-7)14-6(2)13-8/h5-10H,3-4H2,1-2H3. The molecule has 0 spiro atoms. The Labute approximate surface area is 88.6 Å². The van der Waals surface area contributed by atoms with E-state index < -0.39 is 0 Å². The van der Waals surface area contributed by atoms with Gasteiger partial charge in [0.1, 0.15) is 12.2 Å². The number of rotatable bonds is 1. The van der Waals surface area contributed by atoms with Gasteiger partial charge in [0.25, 0.3) is 0 Å². The lowest BCUT2D eigenvalue weighted by Gasteiger charge is -2.18. The molecule has 3 aliphatic heterocycles. The van der Waals surface area contributed by atoms with Gasteiger partial charge in [-0.25, -0.2) is 0 Å². The smallest absolute Gasteiger partial charge is 0.187 e. The monoisotopic (exact) mass is 216 g/mol. The second-order valence-electron chi connectivity index (χ2n) is 4.23. The highest BCUT2D eigenvalue weighted by molar-refractivity contribution is 4.87. The summed E-state index contributed by atoms with van der Waals surface area (Å²) in [5.41, 5.74) is 0. The van der Waals surface area contributed by atoms with Crippen LogP contribution in [0.15, 0.2) is 0 Å². The van der Waals surface area contributed by atoms with E-state index in [2.05, 4.69) is 0 Å². The van der Waals surface area contributed by atoms with Crippen molar-refractivity contribution in [2.24, 2.45) is 0 Å². The van der Waals surface area contributed by atoms with E-state index in [1.807, 2.05) is 13.8 Å². The minimum Gasteiger partial charge on any atom is -0.350 e. The van der Waals surface area contributed by atoms with Crippen LogP contribution in [0.3, 0.4) is 0 Å². The fraction of sp³-hybridized carbons (Fsp3) is 1.00. The molecule has 15 heavy (non-hydrogen) atoms. The Morgan fingerprint density at radius 3 is 2.27 bits per heavy atom. The highest BCUT2D eigenvalue weighted by Crippen LogP contribution is 2.35. The largest absolute Gasteiger partial charge is 0.350 e. The Hall–Kier alpha value is -0.200. The third kappa shape index (κ3) is 1.79. The predicted molar refractivity (Wildman–Crippen MR) is 49.0 cm³/mol. The first kappa shape index (κ1) is 9.99. The summed E-state index contributed by atoms with van der Waals surface area (Å²) in [6, 6.07) is 0. The number of hydrogen-bond donors (Lipinski definition) is 0. The van der Waals surface area contributed by atoms with Crippen LogP contribution in [0.4, 0.5) is 0 Å². The Kier molecular flexibility index (Phi) is 2.45. The molecule has 3 rings (SSSR count). The maximum absolute atomic E-state index is 5.74. The van der Waals surface area contributed by atoms with Gasteiger partial charge in [-0.05, 0) is 13.8 Å². The summed E-state index contributed by atoms with van der Waals surface area (Å²) in [4.78, 5) is 0. The van der Waals surface area contributed by atoms with Crippen LogP contribution in [0.2, 0.25) is 0 Å². The molecule has 0 radical (unpaired) electrons. The van der Waals surface area contributed by atoms with Crippen LogP contribution in [0.25, 0.3) is 0 Å². The predicted octanol–water partition coefficient (Wildman–Crippen LogP) is 0.624. The molecule has 0 aromatic rings. The molecular formula is C10H16O5. The van der Waals surface area contributed by atoms with E-state index in [9.17, 15) is 0 Å². The molecule has 5 nitrogen and oxygen atoms in total. The van der Waals surface area contributed by atoms with E-state index in [0.29, 0.717) is 6.61 Å². The van der Waals surface area contributed by atoms with Crippen molar-refractivity contribution >= 4 is 0 Å². The highest BCUT2D eigenvalue weighted by Gasteiger charge is 2.47. The summed E-state index contributed by atoms with van der Waals surface area (Å²) in [5.74, 6) is 0. The lowest BCUT2D eigenvalue weighted by molar-refractivity contribution is -0.171. The fourth-order valence-electron chi connectivity index (χ4n) is 2.35. The lowest BCUT2D eigenvalue weighted by Crippen LogP contribution is -2.30. The summed E-state index contributed by atoms with van der Waals surface area (Å²) < 4.78 is 27.7. The zero-order valence-corrected chi connectivity index (χ0v) is 8.92. The van der Waals surface area contributed by atoms with Crippen LogP contribution in [0, 0.1) is 0 Å². The average Bonchev–Trinajstić information content (AvgIpc) is 2.78. The molecule has 3 heterocycles. The Bertz CT molecular complexity index is 232. The first-order valence-electron chi connectivity index (χ1n) is 5.46. The second-order valence-corrected chi connectivity index (χ2v) is 4.23. The number of fused-ring (bicyclic) bond motifs is 1. The molecule has 6 unspecified atom stereocenters. The summed E-state index contributed by atoms with van der Waals surface area (Å²) >= 11 is 0. The van der Waals surface area contributed by atoms with Crippen molar-refractivity contribution < 1.29 is 23.7 Å². The zero-order chi connectivity index (χ0) is 10.4. The van der Waals surface area contributed by atoms with E-state index in [1.165, 1.54) is 0 Å². The van der Waals surface area contributed by atoms with Crippen molar-refractivity contribution in [2.75, 3.05) is 6.61 Å². The van der Waals surface area contributed by atoms with Crippen LogP contribution in [-0.2, 0) is 23.7 Å². The van der Waals surface area contributed by atoms with Gasteiger partial charge in [0.05, 0.1) is 12.7 Å². The van der Waals surface area contributed by atoms with Gasteiger partial charge < -0.3 is 23.7 Å². The molecule has 3 fully saturated rings. The van der Waals surface area contributed by atoms with E-state index in [-0.39, 0.29) is 37.2 Å². The summed E-state index contributed by atoms with van der Waals surface area (Å²) in [6.07, 6.45) is 0.454. The highest BCUT2D eigenvalue weighted by atomic mass is 16.8. The molecule has 3 saturated heterocycles. The van der Waals surface area contributed by atoms with Gasteiger partial charge in [0, 0.05) is 6.42 Å². The van der Waals surface area contributed by atoms with E-state index >= 15 is 0 Å². The molecule has 0 aliphatic carbocycles. The quantitative estimate of drug-likeness (QED) is 0.643. The van der Waals surface area contributed by atoms with Crippen molar-refractivity contribution in [1.29, 1.82) is 0 Å². The van der Waals surface area contributed by atoms with Crippen molar-refractivity contribution in [3.63, 3.8) is 0 Å². The van der Waals surface area contributed by atoms with E-state index in [4.69, 9.17) is 23.7 Å². The molecular weight excluding hydrogens is 200 g/mol. The summed E-state index contributed by atoms with van der Waals surface area (Å²) in [6.45, 7) is 4.37. The maximum Gasteiger partial charge on any atom is 0.187 e. The Balaban J connectivity index is 1.59. The summed E-state index contributed by atoms with van der Waals surface area (Å²) in [7, 11) is 0. The molecule has 0 aromatic heterocycles. The number of hydrogen-bond acceptors (Lipinski definition) is 5. The SMILES string of the molecule is CC1OCC(C2CC3OC(C)OC3O2)O1. The van der Waals surface area contributed by atoms with Crippen molar-refractivity contribution in [1.82, 2.24) is 0 Å². The fourth-order valence-corrected chi connectivity index (χ4v) is 2.35. The molecule has 0 amide bonds. The maximum atomic E-state index is 5.74. The van der Waals surface area contributed by atoms with Gasteiger partial charge in [-0.1, -0.05) is 0 Å². The van der Waals surface area contributed by atoms with Crippen LogP contribution in [0.5, 0.6) is 0 Å². The normalized spacial score (nSPS) is 54.8. The van der Waals surface area contributed by atoms with Gasteiger partial charge in [0.15, 0.2) is 18.9 Å². The van der Waals surface area contributed by atoms with Crippen LogP contribution in [-0.4, -0.2) is 43.8 Å². The van der Waals surface area contributed by atoms with Gasteiger partial charge in [-0.2, -0.15) is 0 Å². The average molecular weight is 216 g/mol. The topological polar surface area (TPSA) is 46.2 Å². The first-order chi connectivity index (χ1) is 7.22. The molecule has 0 bridgehead atoms. The van der Waals surface area contributed by atoms with Crippen molar-refractivity contribution in [3.05, 3.63) is 0 Å². The Morgan fingerprint density at radius 2 is 1.60 bits per heavy atom. The molecule has 6 atom stereocenters. The van der Waals surface area contributed by atoms with Crippen molar-refractivity contribution in [3.8, 4) is 0 Å². The Morgan fingerprint density at radius 1 is 0.800 bits per heavy atom. The van der Waals surface area contributed by atoms with Crippen LogP contribution in [0.1, 0.15) is 20.3 Å². The molecule has 3 aliphatic rings. The third-order valence-electron chi connectivity index (χ3n) is 3.05. The molecule has 5 heteroatoms. The third-order valence-corrected chi connectivity index (χ3v) is 3.05. The molecule has 86 valence electrons. The van der Waals surface area contributed by atoms with Gasteiger partial charge >= 0.3 is 0 Å². The van der Waals surface area contributed by atoms with Crippen molar-refractivity contribution in [2.45, 2.75) is 57.5 Å².